The van der Waals surface area contributed by atoms with Gasteiger partial charge in [-0.2, -0.15) is 0 Å². The molecule has 1 aromatic rings. The Bertz CT molecular complexity index is 637. The summed E-state index contributed by atoms with van der Waals surface area (Å²) in [7, 11) is -3.27. The predicted molar refractivity (Wildman–Crippen MR) is 90.6 cm³/mol. The molecule has 0 radical (unpaired) electrons. The third-order valence-corrected chi connectivity index (χ3v) is 6.78. The number of hydrogen-bond acceptors (Lipinski definition) is 5. The minimum atomic E-state index is -3.27. The van der Waals surface area contributed by atoms with Gasteiger partial charge < -0.3 is 9.64 Å². The second-order valence-electron chi connectivity index (χ2n) is 6.60. The molecule has 6 heteroatoms. The fourth-order valence-corrected chi connectivity index (χ4v) is 4.78. The monoisotopic (exact) mass is 338 g/mol. The summed E-state index contributed by atoms with van der Waals surface area (Å²) in [5.41, 5.74) is -0.125. The van der Waals surface area contributed by atoms with Crippen LogP contribution in [0.2, 0.25) is 0 Å². The molecule has 1 aromatic heterocycles. The van der Waals surface area contributed by atoms with Crippen molar-refractivity contribution in [2.24, 2.45) is 0 Å². The van der Waals surface area contributed by atoms with Crippen LogP contribution in [0.1, 0.15) is 45.4 Å². The highest BCUT2D eigenvalue weighted by molar-refractivity contribution is 7.91. The molecule has 3 rings (SSSR count). The number of morpholine rings is 1. The van der Waals surface area contributed by atoms with Crippen molar-refractivity contribution < 1.29 is 13.2 Å². The number of ether oxygens (including phenoxy) is 1. The minimum absolute atomic E-state index is 0.0984. The van der Waals surface area contributed by atoms with Gasteiger partial charge in [-0.15, -0.1) is 0 Å². The molecule has 0 N–H and O–H groups in total. The minimum Gasteiger partial charge on any atom is -0.371 e. The van der Waals surface area contributed by atoms with Crippen molar-refractivity contribution in [2.75, 3.05) is 30.3 Å². The molecule has 2 fully saturated rings. The summed E-state index contributed by atoms with van der Waals surface area (Å²) >= 11 is 0. The average molecular weight is 338 g/mol. The van der Waals surface area contributed by atoms with E-state index in [1.165, 1.54) is 25.7 Å². The van der Waals surface area contributed by atoms with E-state index in [0.717, 1.165) is 19.4 Å². The summed E-state index contributed by atoms with van der Waals surface area (Å²) in [5, 5.41) is 0. The number of aromatic nitrogens is 1. The van der Waals surface area contributed by atoms with Gasteiger partial charge >= 0.3 is 0 Å². The topological polar surface area (TPSA) is 59.5 Å². The lowest BCUT2D eigenvalue weighted by Gasteiger charge is -2.43. The van der Waals surface area contributed by atoms with Crippen LogP contribution in [-0.4, -0.2) is 44.5 Å². The molecule has 1 aliphatic heterocycles. The van der Waals surface area contributed by atoms with Crippen LogP contribution in [0.4, 0.5) is 5.82 Å². The van der Waals surface area contributed by atoms with Crippen molar-refractivity contribution in [1.29, 1.82) is 0 Å². The molecule has 5 nitrogen and oxygen atoms in total. The lowest BCUT2D eigenvalue weighted by atomic mass is 9.92. The molecular formula is C17H26N2O3S. The summed E-state index contributed by atoms with van der Waals surface area (Å²) in [5.74, 6) is 0.697. The van der Waals surface area contributed by atoms with E-state index in [4.69, 9.17) is 4.74 Å². The summed E-state index contributed by atoms with van der Waals surface area (Å²) < 4.78 is 30.9. The van der Waals surface area contributed by atoms with Crippen molar-refractivity contribution in [1.82, 2.24) is 4.98 Å². The Kier molecular flexibility index (Phi) is 4.92. The Hall–Kier alpha value is -1.14. The first-order valence-electron chi connectivity index (χ1n) is 8.63. The summed E-state index contributed by atoms with van der Waals surface area (Å²) in [6, 6.07) is 3.38. The van der Waals surface area contributed by atoms with E-state index in [2.05, 4.69) is 9.88 Å². The fraction of sp³-hybridized carbons (Fsp3) is 0.706. The largest absolute Gasteiger partial charge is 0.371 e. The molecule has 23 heavy (non-hydrogen) atoms. The third kappa shape index (κ3) is 3.53. The number of nitrogens with zero attached hydrogens (tertiary/aromatic N) is 2. The van der Waals surface area contributed by atoms with E-state index in [0.29, 0.717) is 23.9 Å². The Morgan fingerprint density at radius 3 is 2.70 bits per heavy atom. The van der Waals surface area contributed by atoms with Gasteiger partial charge in [0.05, 0.1) is 18.0 Å². The molecule has 2 aliphatic rings. The van der Waals surface area contributed by atoms with Gasteiger partial charge in [0.25, 0.3) is 0 Å². The number of anilines is 1. The second-order valence-corrected chi connectivity index (χ2v) is 8.84. The Morgan fingerprint density at radius 2 is 2.00 bits per heavy atom. The molecule has 0 unspecified atom stereocenters. The maximum Gasteiger partial charge on any atom is 0.181 e. The zero-order chi connectivity index (χ0) is 16.3. The summed E-state index contributed by atoms with van der Waals surface area (Å²) in [4.78, 5) is 6.89. The zero-order valence-electron chi connectivity index (χ0n) is 13.8. The normalized spacial score (nSPS) is 22.0. The van der Waals surface area contributed by atoms with Crippen LogP contribution in [0.3, 0.4) is 0 Å². The highest BCUT2D eigenvalue weighted by Crippen LogP contribution is 2.35. The van der Waals surface area contributed by atoms with Gasteiger partial charge in [-0.25, -0.2) is 13.4 Å². The summed E-state index contributed by atoms with van der Waals surface area (Å²) in [6.07, 6.45) is 8.72. The van der Waals surface area contributed by atoms with E-state index in [1.807, 2.05) is 0 Å². The second kappa shape index (κ2) is 6.77. The SMILES string of the molecule is CCS(=O)(=O)c1cccnc1N1CCOC2(CCCCCC2)C1. The molecule has 2 heterocycles. The zero-order valence-corrected chi connectivity index (χ0v) is 14.6. The van der Waals surface area contributed by atoms with Crippen LogP contribution in [-0.2, 0) is 14.6 Å². The van der Waals surface area contributed by atoms with Crippen LogP contribution in [0.15, 0.2) is 23.2 Å². The van der Waals surface area contributed by atoms with Gasteiger partial charge in [0.1, 0.15) is 10.7 Å². The van der Waals surface area contributed by atoms with Crippen LogP contribution in [0, 0.1) is 0 Å². The van der Waals surface area contributed by atoms with Crippen molar-refractivity contribution in [3.05, 3.63) is 18.3 Å². The fourth-order valence-electron chi connectivity index (χ4n) is 3.72. The van der Waals surface area contributed by atoms with Gasteiger partial charge in [-0.1, -0.05) is 32.6 Å². The quantitative estimate of drug-likeness (QED) is 0.848. The Balaban J connectivity index is 1.90. The van der Waals surface area contributed by atoms with Gasteiger partial charge in [-0.05, 0) is 25.0 Å². The van der Waals surface area contributed by atoms with E-state index < -0.39 is 9.84 Å². The van der Waals surface area contributed by atoms with Crippen LogP contribution < -0.4 is 4.90 Å². The van der Waals surface area contributed by atoms with Crippen molar-refractivity contribution in [2.45, 2.75) is 55.9 Å². The van der Waals surface area contributed by atoms with Crippen LogP contribution >= 0.6 is 0 Å². The van der Waals surface area contributed by atoms with E-state index in [9.17, 15) is 8.42 Å². The van der Waals surface area contributed by atoms with Crippen LogP contribution in [0.5, 0.6) is 0 Å². The predicted octanol–water partition coefficient (Wildman–Crippen LogP) is 2.80. The van der Waals surface area contributed by atoms with Crippen molar-refractivity contribution in [3.8, 4) is 0 Å². The van der Waals surface area contributed by atoms with Crippen LogP contribution in [0.25, 0.3) is 0 Å². The standard InChI is InChI=1S/C17H26N2O3S/c1-2-23(20,21)15-8-7-11-18-16(15)19-12-13-22-17(14-19)9-5-3-4-6-10-17/h7-8,11H,2-6,9-10,12-14H2,1H3. The first-order valence-corrected chi connectivity index (χ1v) is 10.3. The molecule has 1 aliphatic carbocycles. The van der Waals surface area contributed by atoms with Gasteiger partial charge in [0, 0.05) is 19.3 Å². The Morgan fingerprint density at radius 1 is 1.26 bits per heavy atom. The molecule has 0 bridgehead atoms. The first kappa shape index (κ1) is 16.7. The highest BCUT2D eigenvalue weighted by atomic mass is 32.2. The molecule has 1 spiro atoms. The van der Waals surface area contributed by atoms with Gasteiger partial charge in [-0.3, -0.25) is 0 Å². The van der Waals surface area contributed by atoms with Crippen molar-refractivity contribution in [3.63, 3.8) is 0 Å². The van der Waals surface area contributed by atoms with Gasteiger partial charge in [0.2, 0.25) is 0 Å². The number of hydrogen-bond donors (Lipinski definition) is 0. The summed E-state index contributed by atoms with van der Waals surface area (Å²) in [6.45, 7) is 3.77. The number of pyridine rings is 1. The number of sulfone groups is 1. The molecular weight excluding hydrogens is 312 g/mol. The molecule has 0 aromatic carbocycles. The molecule has 0 amide bonds. The van der Waals surface area contributed by atoms with E-state index >= 15 is 0 Å². The maximum absolute atomic E-state index is 12.4. The van der Waals surface area contributed by atoms with Crippen molar-refractivity contribution >= 4 is 15.7 Å². The molecule has 0 atom stereocenters. The van der Waals surface area contributed by atoms with E-state index in [-0.39, 0.29) is 11.4 Å². The smallest absolute Gasteiger partial charge is 0.181 e. The molecule has 1 saturated carbocycles. The Labute approximate surface area is 139 Å². The third-order valence-electron chi connectivity index (χ3n) is 5.03. The van der Waals surface area contributed by atoms with E-state index in [1.54, 1.807) is 25.3 Å². The maximum atomic E-state index is 12.4. The van der Waals surface area contributed by atoms with Gasteiger partial charge in [0.15, 0.2) is 9.84 Å². The lowest BCUT2D eigenvalue weighted by Crippen LogP contribution is -2.52. The highest BCUT2D eigenvalue weighted by Gasteiger charge is 2.38. The number of rotatable bonds is 3. The first-order chi connectivity index (χ1) is 11.1. The average Bonchev–Trinajstić information content (AvgIpc) is 2.80. The molecule has 1 saturated heterocycles. The lowest BCUT2D eigenvalue weighted by molar-refractivity contribution is -0.0655. The molecule has 128 valence electrons.